The van der Waals surface area contributed by atoms with E-state index in [-0.39, 0.29) is 11.9 Å². The molecule has 1 N–H and O–H groups in total. The van der Waals surface area contributed by atoms with Gasteiger partial charge in [0.2, 0.25) is 0 Å². The van der Waals surface area contributed by atoms with Crippen LogP contribution in [0.3, 0.4) is 0 Å². The molecule has 4 nitrogen and oxygen atoms in total. The van der Waals surface area contributed by atoms with Crippen LogP contribution in [0.1, 0.15) is 24.3 Å². The standard InChI is InChI=1S/C8H13N3O/c1-6(2)10-8(12)7-4-5-9-11(7)3/h4-6H,1-3H3,(H,10,12). The number of carbonyl (C=O) groups excluding carboxylic acids is 1. The smallest absolute Gasteiger partial charge is 0.269 e. The van der Waals surface area contributed by atoms with E-state index in [9.17, 15) is 4.79 Å². The van der Waals surface area contributed by atoms with Crippen LogP contribution in [-0.4, -0.2) is 21.7 Å². The summed E-state index contributed by atoms with van der Waals surface area (Å²) < 4.78 is 1.55. The van der Waals surface area contributed by atoms with Gasteiger partial charge >= 0.3 is 0 Å². The minimum Gasteiger partial charge on any atom is -0.349 e. The fraction of sp³-hybridized carbons (Fsp3) is 0.500. The van der Waals surface area contributed by atoms with Gasteiger partial charge in [0.15, 0.2) is 0 Å². The maximum absolute atomic E-state index is 11.4. The number of rotatable bonds is 2. The predicted octanol–water partition coefficient (Wildman–Crippen LogP) is 0.558. The number of aromatic nitrogens is 2. The summed E-state index contributed by atoms with van der Waals surface area (Å²) in [5, 5.41) is 6.69. The number of nitrogens with zero attached hydrogens (tertiary/aromatic N) is 2. The molecule has 66 valence electrons. The Kier molecular flexibility index (Phi) is 2.47. The highest BCUT2D eigenvalue weighted by atomic mass is 16.2. The van der Waals surface area contributed by atoms with Gasteiger partial charge < -0.3 is 5.32 Å². The van der Waals surface area contributed by atoms with Crippen molar-refractivity contribution < 1.29 is 4.79 Å². The molecule has 0 aliphatic rings. The third-order valence-corrected chi connectivity index (χ3v) is 1.47. The molecule has 0 radical (unpaired) electrons. The summed E-state index contributed by atoms with van der Waals surface area (Å²) >= 11 is 0. The molecule has 0 saturated carbocycles. The van der Waals surface area contributed by atoms with Crippen LogP contribution in [0.2, 0.25) is 0 Å². The van der Waals surface area contributed by atoms with E-state index in [1.165, 1.54) is 0 Å². The van der Waals surface area contributed by atoms with E-state index < -0.39 is 0 Å². The van der Waals surface area contributed by atoms with E-state index in [0.717, 1.165) is 0 Å². The van der Waals surface area contributed by atoms with Crippen molar-refractivity contribution in [2.45, 2.75) is 19.9 Å². The molecule has 0 unspecified atom stereocenters. The Morgan fingerprint density at radius 3 is 2.75 bits per heavy atom. The van der Waals surface area contributed by atoms with Crippen LogP contribution in [0.25, 0.3) is 0 Å². The average Bonchev–Trinajstić information content (AvgIpc) is 2.33. The van der Waals surface area contributed by atoms with Crippen molar-refractivity contribution in [2.75, 3.05) is 0 Å². The molecule has 1 aromatic heterocycles. The van der Waals surface area contributed by atoms with Gasteiger partial charge in [-0.25, -0.2) is 0 Å². The molecule has 4 heteroatoms. The first-order chi connectivity index (χ1) is 5.61. The number of carbonyl (C=O) groups is 1. The average molecular weight is 167 g/mol. The molecule has 0 bridgehead atoms. The van der Waals surface area contributed by atoms with Gasteiger partial charge in [-0.2, -0.15) is 5.10 Å². The molecular weight excluding hydrogens is 154 g/mol. The summed E-state index contributed by atoms with van der Waals surface area (Å²) in [6, 6.07) is 1.85. The van der Waals surface area contributed by atoms with Crippen molar-refractivity contribution in [1.82, 2.24) is 15.1 Å². The number of aryl methyl sites for hydroxylation is 1. The van der Waals surface area contributed by atoms with Crippen LogP contribution in [0.5, 0.6) is 0 Å². The third-order valence-electron chi connectivity index (χ3n) is 1.47. The second-order valence-corrected chi connectivity index (χ2v) is 2.97. The summed E-state index contributed by atoms with van der Waals surface area (Å²) in [4.78, 5) is 11.4. The monoisotopic (exact) mass is 167 g/mol. The van der Waals surface area contributed by atoms with Crippen molar-refractivity contribution >= 4 is 5.91 Å². The first kappa shape index (κ1) is 8.77. The van der Waals surface area contributed by atoms with E-state index in [0.29, 0.717) is 5.69 Å². The van der Waals surface area contributed by atoms with Gasteiger partial charge in [-0.15, -0.1) is 0 Å². The van der Waals surface area contributed by atoms with Crippen molar-refractivity contribution in [1.29, 1.82) is 0 Å². The lowest BCUT2D eigenvalue weighted by atomic mass is 10.3. The van der Waals surface area contributed by atoms with Crippen LogP contribution in [0.4, 0.5) is 0 Å². The van der Waals surface area contributed by atoms with Crippen molar-refractivity contribution in [3.05, 3.63) is 18.0 Å². The molecule has 1 heterocycles. The fourth-order valence-electron chi connectivity index (χ4n) is 0.933. The zero-order valence-corrected chi connectivity index (χ0v) is 7.53. The highest BCUT2D eigenvalue weighted by molar-refractivity contribution is 5.92. The topological polar surface area (TPSA) is 46.9 Å². The Bertz CT molecular complexity index is 278. The van der Waals surface area contributed by atoms with E-state index in [4.69, 9.17) is 0 Å². The second kappa shape index (κ2) is 3.38. The molecule has 1 aromatic rings. The first-order valence-electron chi connectivity index (χ1n) is 3.90. The minimum atomic E-state index is -0.0787. The predicted molar refractivity (Wildman–Crippen MR) is 45.8 cm³/mol. The molecule has 0 aliphatic carbocycles. The van der Waals surface area contributed by atoms with Gasteiger partial charge in [0, 0.05) is 19.3 Å². The zero-order valence-electron chi connectivity index (χ0n) is 7.53. The van der Waals surface area contributed by atoms with E-state index in [2.05, 4.69) is 10.4 Å². The third kappa shape index (κ3) is 1.84. The Hall–Kier alpha value is -1.32. The normalized spacial score (nSPS) is 10.3. The Morgan fingerprint density at radius 2 is 2.33 bits per heavy atom. The fourth-order valence-corrected chi connectivity index (χ4v) is 0.933. The lowest BCUT2D eigenvalue weighted by Crippen LogP contribution is -2.31. The SMILES string of the molecule is CC(C)NC(=O)c1ccnn1C. The Labute approximate surface area is 71.6 Å². The maximum Gasteiger partial charge on any atom is 0.269 e. The minimum absolute atomic E-state index is 0.0787. The molecule has 1 amide bonds. The van der Waals surface area contributed by atoms with Gasteiger partial charge in [-0.1, -0.05) is 0 Å². The summed E-state index contributed by atoms with van der Waals surface area (Å²) in [7, 11) is 1.75. The first-order valence-corrected chi connectivity index (χ1v) is 3.90. The van der Waals surface area contributed by atoms with Crippen LogP contribution >= 0.6 is 0 Å². The summed E-state index contributed by atoms with van der Waals surface area (Å²) in [5.74, 6) is -0.0787. The van der Waals surface area contributed by atoms with Crippen molar-refractivity contribution in [3.63, 3.8) is 0 Å². The molecule has 12 heavy (non-hydrogen) atoms. The van der Waals surface area contributed by atoms with E-state index >= 15 is 0 Å². The van der Waals surface area contributed by atoms with Gasteiger partial charge in [-0.05, 0) is 19.9 Å². The molecule has 1 rings (SSSR count). The quantitative estimate of drug-likeness (QED) is 0.699. The molecule has 0 saturated heterocycles. The van der Waals surface area contributed by atoms with Crippen LogP contribution < -0.4 is 5.32 Å². The Morgan fingerprint density at radius 1 is 1.67 bits per heavy atom. The largest absolute Gasteiger partial charge is 0.349 e. The number of nitrogens with one attached hydrogen (secondary N) is 1. The Balaban J connectivity index is 2.72. The van der Waals surface area contributed by atoms with Crippen LogP contribution in [0.15, 0.2) is 12.3 Å². The summed E-state index contributed by atoms with van der Waals surface area (Å²) in [5.41, 5.74) is 0.587. The molecule has 0 atom stereocenters. The maximum atomic E-state index is 11.4. The highest BCUT2D eigenvalue weighted by Gasteiger charge is 2.09. The number of hydrogen-bond acceptors (Lipinski definition) is 2. The number of hydrogen-bond donors (Lipinski definition) is 1. The van der Waals surface area contributed by atoms with Gasteiger partial charge in [-0.3, -0.25) is 9.48 Å². The van der Waals surface area contributed by atoms with Crippen molar-refractivity contribution in [3.8, 4) is 0 Å². The molecule has 0 aromatic carbocycles. The summed E-state index contributed by atoms with van der Waals surface area (Å²) in [6.45, 7) is 3.85. The molecule has 0 fully saturated rings. The zero-order chi connectivity index (χ0) is 9.14. The van der Waals surface area contributed by atoms with Crippen LogP contribution in [0, 0.1) is 0 Å². The summed E-state index contributed by atoms with van der Waals surface area (Å²) in [6.07, 6.45) is 1.61. The van der Waals surface area contributed by atoms with Gasteiger partial charge in [0.25, 0.3) is 5.91 Å². The second-order valence-electron chi connectivity index (χ2n) is 2.97. The highest BCUT2D eigenvalue weighted by Crippen LogP contribution is 1.96. The number of amides is 1. The van der Waals surface area contributed by atoms with Gasteiger partial charge in [0.05, 0.1) is 0 Å². The lowest BCUT2D eigenvalue weighted by molar-refractivity contribution is 0.0933. The van der Waals surface area contributed by atoms with E-state index in [1.54, 1.807) is 24.0 Å². The van der Waals surface area contributed by atoms with Gasteiger partial charge in [0.1, 0.15) is 5.69 Å². The molecular formula is C8H13N3O. The van der Waals surface area contributed by atoms with Crippen LogP contribution in [-0.2, 0) is 7.05 Å². The molecule has 0 spiro atoms. The van der Waals surface area contributed by atoms with E-state index in [1.807, 2.05) is 13.8 Å². The lowest BCUT2D eigenvalue weighted by Gasteiger charge is -2.07. The van der Waals surface area contributed by atoms with Crippen molar-refractivity contribution in [2.24, 2.45) is 7.05 Å². The molecule has 0 aliphatic heterocycles.